The van der Waals surface area contributed by atoms with Gasteiger partial charge in [-0.2, -0.15) is 5.10 Å². The molecule has 2 rings (SSSR count). The van der Waals surface area contributed by atoms with Gasteiger partial charge in [-0.1, -0.05) is 18.3 Å². The molecule has 0 bridgehead atoms. The van der Waals surface area contributed by atoms with E-state index in [4.69, 9.17) is 18.0 Å². The largest absolute Gasteiger partial charge is 0.389 e. The SMILES string of the molecule is Cc1cc(C(N)=S)ccc1S(=O)(=O)NCc1ncn[nH]1. The second-order valence-electron chi connectivity index (χ2n) is 4.10. The summed E-state index contributed by atoms with van der Waals surface area (Å²) in [6.45, 7) is 1.73. The lowest BCUT2D eigenvalue weighted by Gasteiger charge is -2.09. The van der Waals surface area contributed by atoms with Crippen molar-refractivity contribution in [3.8, 4) is 0 Å². The van der Waals surface area contributed by atoms with E-state index >= 15 is 0 Å². The Hall–Kier alpha value is -1.84. The van der Waals surface area contributed by atoms with E-state index in [1.165, 1.54) is 12.4 Å². The molecule has 0 saturated heterocycles. The van der Waals surface area contributed by atoms with Crippen LogP contribution in [0.25, 0.3) is 0 Å². The van der Waals surface area contributed by atoms with Gasteiger partial charge >= 0.3 is 0 Å². The zero-order valence-electron chi connectivity index (χ0n) is 10.6. The van der Waals surface area contributed by atoms with Crippen LogP contribution >= 0.6 is 12.2 Å². The van der Waals surface area contributed by atoms with Gasteiger partial charge in [-0.3, -0.25) is 5.10 Å². The number of sulfonamides is 1. The van der Waals surface area contributed by atoms with Gasteiger partial charge in [0.25, 0.3) is 0 Å². The highest BCUT2D eigenvalue weighted by atomic mass is 32.2. The maximum Gasteiger partial charge on any atom is 0.241 e. The number of aromatic amines is 1. The van der Waals surface area contributed by atoms with Crippen LogP contribution < -0.4 is 10.5 Å². The Kier molecular flexibility index (Phi) is 4.12. The Morgan fingerprint density at radius 1 is 1.50 bits per heavy atom. The second-order valence-corrected chi connectivity index (χ2v) is 6.28. The van der Waals surface area contributed by atoms with Crippen molar-refractivity contribution in [1.29, 1.82) is 0 Å². The van der Waals surface area contributed by atoms with Crippen LogP contribution in [0.4, 0.5) is 0 Å². The highest BCUT2D eigenvalue weighted by molar-refractivity contribution is 7.89. The molecule has 0 aliphatic carbocycles. The molecule has 1 aromatic carbocycles. The van der Waals surface area contributed by atoms with Crippen LogP contribution in [0.2, 0.25) is 0 Å². The summed E-state index contributed by atoms with van der Waals surface area (Å²) in [5.74, 6) is 0.436. The van der Waals surface area contributed by atoms with Crippen molar-refractivity contribution in [1.82, 2.24) is 19.9 Å². The van der Waals surface area contributed by atoms with Crippen LogP contribution in [0.5, 0.6) is 0 Å². The third-order valence-corrected chi connectivity index (χ3v) is 4.44. The number of aromatic nitrogens is 3. The molecule has 2 aromatic rings. The van der Waals surface area contributed by atoms with E-state index < -0.39 is 10.0 Å². The van der Waals surface area contributed by atoms with Gasteiger partial charge in [0.15, 0.2) is 0 Å². The number of benzene rings is 1. The summed E-state index contributed by atoms with van der Waals surface area (Å²) < 4.78 is 26.8. The molecule has 7 nitrogen and oxygen atoms in total. The molecule has 1 heterocycles. The summed E-state index contributed by atoms with van der Waals surface area (Å²) in [6.07, 6.45) is 1.31. The smallest absolute Gasteiger partial charge is 0.241 e. The molecule has 4 N–H and O–H groups in total. The van der Waals surface area contributed by atoms with Gasteiger partial charge in [0.05, 0.1) is 11.4 Å². The molecule has 0 spiro atoms. The number of aryl methyl sites for hydroxylation is 1. The second kappa shape index (κ2) is 5.65. The molecule has 0 amide bonds. The fraction of sp³-hybridized carbons (Fsp3) is 0.182. The van der Waals surface area contributed by atoms with E-state index in [0.717, 1.165) is 0 Å². The Balaban J connectivity index is 2.23. The normalized spacial score (nSPS) is 11.4. The predicted octanol–water partition coefficient (Wildman–Crippen LogP) is 0.226. The summed E-state index contributed by atoms with van der Waals surface area (Å²) >= 11 is 4.86. The number of thiocarbonyl (C=S) groups is 1. The number of hydrogen-bond acceptors (Lipinski definition) is 5. The molecule has 106 valence electrons. The number of rotatable bonds is 5. The van der Waals surface area contributed by atoms with E-state index in [0.29, 0.717) is 17.0 Å². The number of H-pyrrole nitrogens is 1. The third kappa shape index (κ3) is 3.18. The first-order valence-electron chi connectivity index (χ1n) is 5.64. The Morgan fingerprint density at radius 3 is 2.80 bits per heavy atom. The summed E-state index contributed by atoms with van der Waals surface area (Å²) in [4.78, 5) is 4.25. The molecule has 20 heavy (non-hydrogen) atoms. The maximum absolute atomic E-state index is 12.2. The fourth-order valence-electron chi connectivity index (χ4n) is 1.66. The quantitative estimate of drug-likeness (QED) is 0.681. The van der Waals surface area contributed by atoms with E-state index in [9.17, 15) is 8.42 Å². The lowest BCUT2D eigenvalue weighted by atomic mass is 10.1. The van der Waals surface area contributed by atoms with Crippen molar-refractivity contribution in [3.05, 3.63) is 41.5 Å². The zero-order valence-corrected chi connectivity index (χ0v) is 12.3. The minimum Gasteiger partial charge on any atom is -0.389 e. The molecule has 0 saturated carbocycles. The third-order valence-electron chi connectivity index (χ3n) is 2.64. The van der Waals surface area contributed by atoms with E-state index in [-0.39, 0.29) is 16.4 Å². The van der Waals surface area contributed by atoms with E-state index in [2.05, 4.69) is 19.9 Å². The average Bonchev–Trinajstić information content (AvgIpc) is 2.89. The minimum absolute atomic E-state index is 0.0405. The molecular weight excluding hydrogens is 298 g/mol. The Morgan fingerprint density at radius 2 is 2.25 bits per heavy atom. The van der Waals surface area contributed by atoms with Gasteiger partial charge in [0, 0.05) is 5.56 Å². The van der Waals surface area contributed by atoms with Crippen LogP contribution in [0.3, 0.4) is 0 Å². The molecule has 0 atom stereocenters. The predicted molar refractivity (Wildman–Crippen MR) is 77.5 cm³/mol. The van der Waals surface area contributed by atoms with Crippen molar-refractivity contribution in [3.63, 3.8) is 0 Å². The summed E-state index contributed by atoms with van der Waals surface area (Å²) in [6, 6.07) is 4.70. The fourth-order valence-corrected chi connectivity index (χ4v) is 3.00. The molecule has 0 fully saturated rings. The lowest BCUT2D eigenvalue weighted by molar-refractivity contribution is 0.579. The van der Waals surface area contributed by atoms with E-state index in [1.54, 1.807) is 19.1 Å². The first kappa shape index (κ1) is 14.6. The van der Waals surface area contributed by atoms with Gasteiger partial charge in [0.1, 0.15) is 17.1 Å². The van der Waals surface area contributed by atoms with Gasteiger partial charge in [-0.05, 0) is 24.6 Å². The van der Waals surface area contributed by atoms with Gasteiger partial charge in [0.2, 0.25) is 10.0 Å². The molecule has 0 aliphatic rings. The first-order valence-corrected chi connectivity index (χ1v) is 7.53. The summed E-state index contributed by atoms with van der Waals surface area (Å²) in [7, 11) is -3.63. The molecule has 0 unspecified atom stereocenters. The lowest BCUT2D eigenvalue weighted by Crippen LogP contribution is -2.24. The standard InChI is InChI=1S/C11H13N5O2S2/c1-7-4-8(11(12)19)2-3-9(7)20(17,18)15-5-10-13-6-14-16-10/h2-4,6,15H,5H2,1H3,(H2,12,19)(H,13,14,16). The van der Waals surface area contributed by atoms with Crippen molar-refractivity contribution >= 4 is 27.2 Å². The topological polar surface area (TPSA) is 114 Å². The van der Waals surface area contributed by atoms with Gasteiger partial charge in [-0.25, -0.2) is 18.1 Å². The number of hydrogen-bond donors (Lipinski definition) is 3. The van der Waals surface area contributed by atoms with Crippen LogP contribution in [-0.2, 0) is 16.6 Å². The van der Waals surface area contributed by atoms with Gasteiger partial charge < -0.3 is 5.73 Å². The highest BCUT2D eigenvalue weighted by Crippen LogP contribution is 2.16. The minimum atomic E-state index is -3.63. The monoisotopic (exact) mass is 311 g/mol. The molecule has 0 radical (unpaired) electrons. The first-order chi connectivity index (χ1) is 9.40. The molecular formula is C11H13N5O2S2. The molecule has 9 heteroatoms. The molecule has 0 aliphatic heterocycles. The summed E-state index contributed by atoms with van der Waals surface area (Å²) in [5, 5.41) is 6.22. The van der Waals surface area contributed by atoms with Crippen LogP contribution in [-0.4, -0.2) is 28.6 Å². The van der Waals surface area contributed by atoms with Crippen molar-refractivity contribution < 1.29 is 8.42 Å². The molecule has 1 aromatic heterocycles. The van der Waals surface area contributed by atoms with Gasteiger partial charge in [-0.15, -0.1) is 0 Å². The highest BCUT2D eigenvalue weighted by Gasteiger charge is 2.17. The van der Waals surface area contributed by atoms with Crippen LogP contribution in [0.15, 0.2) is 29.4 Å². The van der Waals surface area contributed by atoms with E-state index in [1.807, 2.05) is 0 Å². The maximum atomic E-state index is 12.2. The number of nitrogens with two attached hydrogens (primary N) is 1. The zero-order chi connectivity index (χ0) is 14.8. The summed E-state index contributed by atoms with van der Waals surface area (Å²) in [5.41, 5.74) is 6.71. The number of nitrogens with zero attached hydrogens (tertiary/aromatic N) is 2. The average molecular weight is 311 g/mol. The van der Waals surface area contributed by atoms with Crippen molar-refractivity contribution in [2.75, 3.05) is 0 Å². The Labute approximate surface area is 121 Å². The number of nitrogens with one attached hydrogen (secondary N) is 2. The Bertz CT molecular complexity index is 725. The van der Waals surface area contributed by atoms with Crippen LogP contribution in [0.1, 0.15) is 17.0 Å². The van der Waals surface area contributed by atoms with Crippen LogP contribution in [0, 0.1) is 6.92 Å². The van der Waals surface area contributed by atoms with Crippen molar-refractivity contribution in [2.24, 2.45) is 5.73 Å². The van der Waals surface area contributed by atoms with Crippen molar-refractivity contribution in [2.45, 2.75) is 18.4 Å².